The molecule has 0 aliphatic carbocycles. The van der Waals surface area contributed by atoms with Crippen molar-refractivity contribution in [3.05, 3.63) is 60.2 Å². The van der Waals surface area contributed by atoms with Crippen LogP contribution in [0.4, 0.5) is 0 Å². The summed E-state index contributed by atoms with van der Waals surface area (Å²) in [4.78, 5) is 27.3. The van der Waals surface area contributed by atoms with E-state index in [4.69, 9.17) is 0 Å². The second-order valence-electron chi connectivity index (χ2n) is 3.06. The fourth-order valence-electron chi connectivity index (χ4n) is 0.967. The first-order chi connectivity index (χ1) is 8.61. The molecule has 0 fully saturated rings. The van der Waals surface area contributed by atoms with Crippen LogP contribution in [0.5, 0.6) is 0 Å². The minimum Gasteiger partial charge on any atom is -0.545 e. The summed E-state index contributed by atoms with van der Waals surface area (Å²) in [6.45, 7) is 0. The molecule has 0 saturated carbocycles. The molecule has 0 atom stereocenters. The number of pyridine rings is 2. The number of carbonyl (C=O) groups excluding carboxylic acids is 2. The Bertz CT molecular complexity index is 470. The number of aromatic nitrogens is 2. The van der Waals surface area contributed by atoms with E-state index in [0.717, 1.165) is 0 Å². The van der Waals surface area contributed by atoms with Gasteiger partial charge in [-0.05, 0) is 12.1 Å². The molecule has 2 rings (SSSR count). The van der Waals surface area contributed by atoms with E-state index in [1.807, 2.05) is 0 Å². The van der Waals surface area contributed by atoms with Crippen LogP contribution in [0.15, 0.2) is 49.1 Å². The number of rotatable bonds is 2. The topological polar surface area (TPSA) is 106 Å². The van der Waals surface area contributed by atoms with Gasteiger partial charge in [0.2, 0.25) is 0 Å². The van der Waals surface area contributed by atoms with Crippen LogP contribution in [0.25, 0.3) is 0 Å². The predicted octanol–water partition coefficient (Wildman–Crippen LogP) is -1.11. The quantitative estimate of drug-likeness (QED) is 0.651. The van der Waals surface area contributed by atoms with Crippen LogP contribution in [0, 0.1) is 0 Å². The Morgan fingerprint density at radius 1 is 0.842 bits per heavy atom. The van der Waals surface area contributed by atoms with E-state index in [-0.39, 0.29) is 27.6 Å². The molecule has 2 aromatic heterocycles. The van der Waals surface area contributed by atoms with Crippen molar-refractivity contribution in [2.45, 2.75) is 0 Å². The maximum absolute atomic E-state index is 10.0. The third-order valence-corrected chi connectivity index (χ3v) is 1.79. The molecule has 100 valence electrons. The molecule has 0 aliphatic heterocycles. The largest absolute Gasteiger partial charge is 2.00 e. The molecule has 2 aromatic rings. The van der Waals surface area contributed by atoms with Gasteiger partial charge in [-0.25, -0.2) is 0 Å². The van der Waals surface area contributed by atoms with Crippen molar-refractivity contribution in [1.82, 2.24) is 9.97 Å². The number of aromatic carboxylic acids is 2. The SMILES string of the molecule is O=C([O-])c1cccnc1.O=C([O-])c1cccnc1.[Ni+2]. The smallest absolute Gasteiger partial charge is 0.545 e. The second-order valence-corrected chi connectivity index (χ2v) is 3.06. The van der Waals surface area contributed by atoms with Crippen LogP contribution in [0.2, 0.25) is 0 Å². The first kappa shape index (κ1) is 16.7. The first-order valence-electron chi connectivity index (χ1n) is 4.84. The van der Waals surface area contributed by atoms with E-state index in [1.54, 1.807) is 12.1 Å². The maximum atomic E-state index is 10.0. The van der Waals surface area contributed by atoms with E-state index < -0.39 is 11.9 Å². The molecule has 0 unspecified atom stereocenters. The molecular formula is C12H8N2NiO4. The van der Waals surface area contributed by atoms with Gasteiger partial charge in [-0.1, -0.05) is 12.1 Å². The molecule has 0 aromatic carbocycles. The number of nitrogens with zero attached hydrogens (tertiary/aromatic N) is 2. The fraction of sp³-hybridized carbons (Fsp3) is 0. The van der Waals surface area contributed by atoms with E-state index in [9.17, 15) is 19.8 Å². The second kappa shape index (κ2) is 8.77. The van der Waals surface area contributed by atoms with Crippen molar-refractivity contribution in [3.63, 3.8) is 0 Å². The average molecular weight is 303 g/mol. The zero-order valence-electron chi connectivity index (χ0n) is 9.46. The van der Waals surface area contributed by atoms with Crippen molar-refractivity contribution in [2.75, 3.05) is 0 Å². The molecule has 0 N–H and O–H groups in total. The number of carboxylic acid groups (broad SMARTS) is 2. The monoisotopic (exact) mass is 302 g/mol. The van der Waals surface area contributed by atoms with Gasteiger partial charge < -0.3 is 19.8 Å². The summed E-state index contributed by atoms with van der Waals surface area (Å²) in [7, 11) is 0. The molecular weight excluding hydrogens is 295 g/mol. The summed E-state index contributed by atoms with van der Waals surface area (Å²) in [6, 6.07) is 5.96. The number of hydrogen-bond acceptors (Lipinski definition) is 6. The summed E-state index contributed by atoms with van der Waals surface area (Å²) >= 11 is 0. The van der Waals surface area contributed by atoms with Crippen LogP contribution in [0.3, 0.4) is 0 Å². The van der Waals surface area contributed by atoms with Gasteiger partial charge in [-0.3, -0.25) is 9.97 Å². The standard InChI is InChI=1S/2C6H5NO2.Ni/c2*8-6(9)5-2-1-3-7-4-5;/h2*1-4H,(H,8,9);/q;;+2/p-2. The Labute approximate surface area is 119 Å². The van der Waals surface area contributed by atoms with Gasteiger partial charge in [0, 0.05) is 35.9 Å². The van der Waals surface area contributed by atoms with E-state index in [0.29, 0.717) is 0 Å². The summed E-state index contributed by atoms with van der Waals surface area (Å²) in [5.74, 6) is -2.38. The van der Waals surface area contributed by atoms with E-state index in [1.165, 1.54) is 36.9 Å². The zero-order chi connectivity index (χ0) is 13.4. The van der Waals surface area contributed by atoms with Gasteiger partial charge in [0.05, 0.1) is 11.9 Å². The fourth-order valence-corrected chi connectivity index (χ4v) is 0.967. The van der Waals surface area contributed by atoms with Gasteiger partial charge in [0.15, 0.2) is 0 Å². The van der Waals surface area contributed by atoms with Gasteiger partial charge in [-0.15, -0.1) is 0 Å². The van der Waals surface area contributed by atoms with E-state index in [2.05, 4.69) is 9.97 Å². The molecule has 19 heavy (non-hydrogen) atoms. The Balaban J connectivity index is 0.000000324. The summed E-state index contributed by atoms with van der Waals surface area (Å²) in [5.41, 5.74) is 0.218. The average Bonchev–Trinajstić information content (AvgIpc) is 2.41. The predicted molar refractivity (Wildman–Crippen MR) is 57.1 cm³/mol. The molecule has 0 amide bonds. The molecule has 0 bridgehead atoms. The van der Waals surface area contributed by atoms with Crippen LogP contribution >= 0.6 is 0 Å². The van der Waals surface area contributed by atoms with Crippen LogP contribution in [-0.4, -0.2) is 21.9 Å². The molecule has 0 aliphatic rings. The molecule has 0 saturated heterocycles. The summed E-state index contributed by atoms with van der Waals surface area (Å²) in [5, 5.41) is 20.1. The number of carboxylic acids is 2. The molecule has 0 spiro atoms. The zero-order valence-corrected chi connectivity index (χ0v) is 10.5. The van der Waals surface area contributed by atoms with Crippen molar-refractivity contribution >= 4 is 11.9 Å². The van der Waals surface area contributed by atoms with Crippen LogP contribution in [0.1, 0.15) is 20.7 Å². The summed E-state index contributed by atoms with van der Waals surface area (Å²) < 4.78 is 0. The Morgan fingerprint density at radius 2 is 1.21 bits per heavy atom. The van der Waals surface area contributed by atoms with Crippen molar-refractivity contribution in [2.24, 2.45) is 0 Å². The van der Waals surface area contributed by atoms with E-state index >= 15 is 0 Å². The number of hydrogen-bond donors (Lipinski definition) is 0. The van der Waals surface area contributed by atoms with Gasteiger partial charge in [-0.2, -0.15) is 0 Å². The van der Waals surface area contributed by atoms with Crippen molar-refractivity contribution in [3.8, 4) is 0 Å². The van der Waals surface area contributed by atoms with Crippen LogP contribution in [-0.2, 0) is 16.5 Å². The third-order valence-electron chi connectivity index (χ3n) is 1.79. The molecule has 0 radical (unpaired) electrons. The van der Waals surface area contributed by atoms with Crippen molar-refractivity contribution < 1.29 is 36.3 Å². The Kier molecular flexibility index (Phi) is 7.72. The van der Waals surface area contributed by atoms with Gasteiger partial charge in [0.1, 0.15) is 0 Å². The van der Waals surface area contributed by atoms with Gasteiger partial charge >= 0.3 is 16.5 Å². The minimum absolute atomic E-state index is 0. The Morgan fingerprint density at radius 3 is 1.37 bits per heavy atom. The van der Waals surface area contributed by atoms with Crippen LogP contribution < -0.4 is 10.2 Å². The van der Waals surface area contributed by atoms with Crippen molar-refractivity contribution in [1.29, 1.82) is 0 Å². The normalized spacial score (nSPS) is 8.42. The molecule has 2 heterocycles. The first-order valence-corrected chi connectivity index (χ1v) is 4.84. The molecule has 6 nitrogen and oxygen atoms in total. The molecule has 7 heteroatoms. The Hall–Kier alpha value is -2.27. The summed E-state index contributed by atoms with van der Waals surface area (Å²) in [6.07, 6.45) is 5.50. The third kappa shape index (κ3) is 6.28. The minimum atomic E-state index is -1.19. The number of carbonyl (C=O) groups is 2. The maximum Gasteiger partial charge on any atom is 2.00 e. The van der Waals surface area contributed by atoms with Gasteiger partial charge in [0.25, 0.3) is 0 Å².